The van der Waals surface area contributed by atoms with Gasteiger partial charge in [0.2, 0.25) is 0 Å². The normalized spacial score (nSPS) is 10.4. The van der Waals surface area contributed by atoms with E-state index < -0.39 is 0 Å². The molecule has 0 amide bonds. The van der Waals surface area contributed by atoms with E-state index in [0.717, 1.165) is 5.56 Å². The summed E-state index contributed by atoms with van der Waals surface area (Å²) in [5.41, 5.74) is 1.38. The van der Waals surface area contributed by atoms with Crippen LogP contribution in [-0.2, 0) is 11.3 Å². The highest BCUT2D eigenvalue weighted by atomic mass is 16.5. The summed E-state index contributed by atoms with van der Waals surface area (Å²) in [6, 6.07) is 9.21. The molecule has 0 radical (unpaired) electrons. The minimum atomic E-state index is -0.109. The summed E-state index contributed by atoms with van der Waals surface area (Å²) in [5, 5.41) is 9.11. The first-order valence-electron chi connectivity index (χ1n) is 5.99. The Hall–Kier alpha value is -1.98. The van der Waals surface area contributed by atoms with E-state index in [1.165, 1.54) is 0 Å². The standard InChI is InChI=1S/C14H16N2O3/c1-18-8-9-19-13-5-3-2-4-12(13)14-15-7-6-11(10-17)16-14/h2-7,17H,8-10H2,1H3. The summed E-state index contributed by atoms with van der Waals surface area (Å²) in [5.74, 6) is 1.24. The van der Waals surface area contributed by atoms with Gasteiger partial charge in [-0.15, -0.1) is 0 Å². The van der Waals surface area contributed by atoms with Crippen molar-refractivity contribution in [1.82, 2.24) is 9.97 Å². The highest BCUT2D eigenvalue weighted by molar-refractivity contribution is 5.63. The zero-order chi connectivity index (χ0) is 13.5. The van der Waals surface area contributed by atoms with Crippen LogP contribution in [0.5, 0.6) is 5.75 Å². The van der Waals surface area contributed by atoms with Crippen LogP contribution in [0.4, 0.5) is 0 Å². The molecule has 19 heavy (non-hydrogen) atoms. The first-order chi connectivity index (χ1) is 9.35. The van der Waals surface area contributed by atoms with Gasteiger partial charge in [0.05, 0.1) is 24.5 Å². The minimum absolute atomic E-state index is 0.109. The highest BCUT2D eigenvalue weighted by Gasteiger charge is 2.09. The second kappa shape index (κ2) is 6.82. The summed E-state index contributed by atoms with van der Waals surface area (Å²) in [6.07, 6.45) is 1.62. The average molecular weight is 260 g/mol. The van der Waals surface area contributed by atoms with Crippen molar-refractivity contribution in [2.24, 2.45) is 0 Å². The molecule has 1 heterocycles. The van der Waals surface area contributed by atoms with Gasteiger partial charge in [-0.25, -0.2) is 9.97 Å². The number of hydrogen-bond donors (Lipinski definition) is 1. The number of rotatable bonds is 6. The number of aliphatic hydroxyl groups is 1. The van der Waals surface area contributed by atoms with Gasteiger partial charge < -0.3 is 14.6 Å². The van der Waals surface area contributed by atoms with E-state index in [4.69, 9.17) is 14.6 Å². The van der Waals surface area contributed by atoms with Crippen molar-refractivity contribution in [2.45, 2.75) is 6.61 Å². The van der Waals surface area contributed by atoms with Crippen LogP contribution in [0.2, 0.25) is 0 Å². The van der Waals surface area contributed by atoms with Gasteiger partial charge in [0.1, 0.15) is 12.4 Å². The summed E-state index contributed by atoms with van der Waals surface area (Å²) in [6.45, 7) is 0.876. The Morgan fingerprint density at radius 2 is 2.00 bits per heavy atom. The Morgan fingerprint density at radius 3 is 2.79 bits per heavy atom. The summed E-state index contributed by atoms with van der Waals surface area (Å²) in [7, 11) is 1.63. The molecular weight excluding hydrogens is 244 g/mol. The molecule has 0 atom stereocenters. The summed E-state index contributed by atoms with van der Waals surface area (Å²) >= 11 is 0. The van der Waals surface area contributed by atoms with Gasteiger partial charge in [-0.2, -0.15) is 0 Å². The summed E-state index contributed by atoms with van der Waals surface area (Å²) in [4.78, 5) is 8.49. The Balaban J connectivity index is 2.27. The molecule has 1 N–H and O–H groups in total. The average Bonchev–Trinajstić information content (AvgIpc) is 2.48. The van der Waals surface area contributed by atoms with Crippen LogP contribution in [0.15, 0.2) is 36.5 Å². The molecule has 0 saturated carbocycles. The number of methoxy groups -OCH3 is 1. The first kappa shape index (κ1) is 13.5. The lowest BCUT2D eigenvalue weighted by Crippen LogP contribution is -2.05. The molecule has 0 saturated heterocycles. The van der Waals surface area contributed by atoms with Crippen LogP contribution in [0.25, 0.3) is 11.4 Å². The fourth-order valence-electron chi connectivity index (χ4n) is 1.63. The molecule has 2 rings (SSSR count). The molecule has 0 fully saturated rings. The number of ether oxygens (including phenoxy) is 2. The largest absolute Gasteiger partial charge is 0.490 e. The molecule has 0 aliphatic carbocycles. The lowest BCUT2D eigenvalue weighted by atomic mass is 10.2. The number of aliphatic hydroxyl groups excluding tert-OH is 1. The molecule has 0 unspecified atom stereocenters. The maximum atomic E-state index is 9.11. The van der Waals surface area contributed by atoms with Crippen molar-refractivity contribution >= 4 is 0 Å². The third kappa shape index (κ3) is 3.49. The van der Waals surface area contributed by atoms with Crippen LogP contribution in [0.3, 0.4) is 0 Å². The molecule has 0 spiro atoms. The van der Waals surface area contributed by atoms with E-state index in [0.29, 0.717) is 30.5 Å². The Labute approximate surface area is 111 Å². The van der Waals surface area contributed by atoms with E-state index in [1.54, 1.807) is 19.4 Å². The number of aromatic nitrogens is 2. The van der Waals surface area contributed by atoms with Crippen LogP contribution in [0, 0.1) is 0 Å². The van der Waals surface area contributed by atoms with E-state index in [-0.39, 0.29) is 6.61 Å². The second-order valence-corrected chi connectivity index (χ2v) is 3.87. The fraction of sp³-hybridized carbons (Fsp3) is 0.286. The molecule has 0 aliphatic rings. The van der Waals surface area contributed by atoms with Crippen LogP contribution >= 0.6 is 0 Å². The predicted molar refractivity (Wildman–Crippen MR) is 70.8 cm³/mol. The molecule has 5 nitrogen and oxygen atoms in total. The van der Waals surface area contributed by atoms with Crippen LogP contribution in [0.1, 0.15) is 5.69 Å². The molecule has 2 aromatic rings. The molecule has 5 heteroatoms. The van der Waals surface area contributed by atoms with Crippen LogP contribution < -0.4 is 4.74 Å². The number of nitrogens with zero attached hydrogens (tertiary/aromatic N) is 2. The van der Waals surface area contributed by atoms with Gasteiger partial charge in [-0.3, -0.25) is 0 Å². The van der Waals surface area contributed by atoms with Gasteiger partial charge in [0, 0.05) is 13.3 Å². The highest BCUT2D eigenvalue weighted by Crippen LogP contribution is 2.26. The van der Waals surface area contributed by atoms with Crippen molar-refractivity contribution in [3.05, 3.63) is 42.2 Å². The predicted octanol–water partition coefficient (Wildman–Crippen LogP) is 1.66. The van der Waals surface area contributed by atoms with E-state index in [1.807, 2.05) is 24.3 Å². The first-order valence-corrected chi connectivity index (χ1v) is 5.99. The molecular formula is C14H16N2O3. The Bertz CT molecular complexity index is 532. The smallest absolute Gasteiger partial charge is 0.163 e. The molecule has 0 bridgehead atoms. The number of para-hydroxylation sites is 1. The van der Waals surface area contributed by atoms with E-state index in [9.17, 15) is 0 Å². The number of benzene rings is 1. The molecule has 1 aromatic heterocycles. The van der Waals surface area contributed by atoms with Gasteiger partial charge >= 0.3 is 0 Å². The third-order valence-corrected chi connectivity index (χ3v) is 2.55. The van der Waals surface area contributed by atoms with E-state index >= 15 is 0 Å². The quantitative estimate of drug-likeness (QED) is 0.800. The summed E-state index contributed by atoms with van der Waals surface area (Å²) < 4.78 is 10.6. The maximum Gasteiger partial charge on any atom is 0.163 e. The third-order valence-electron chi connectivity index (χ3n) is 2.55. The van der Waals surface area contributed by atoms with Crippen molar-refractivity contribution in [2.75, 3.05) is 20.3 Å². The maximum absolute atomic E-state index is 9.11. The van der Waals surface area contributed by atoms with Crippen molar-refractivity contribution in [1.29, 1.82) is 0 Å². The monoisotopic (exact) mass is 260 g/mol. The lowest BCUT2D eigenvalue weighted by Gasteiger charge is -2.10. The zero-order valence-electron chi connectivity index (χ0n) is 10.7. The SMILES string of the molecule is COCCOc1ccccc1-c1nccc(CO)n1. The number of hydrogen-bond acceptors (Lipinski definition) is 5. The van der Waals surface area contributed by atoms with Crippen LogP contribution in [-0.4, -0.2) is 35.4 Å². The van der Waals surface area contributed by atoms with Gasteiger partial charge in [0.25, 0.3) is 0 Å². The van der Waals surface area contributed by atoms with Gasteiger partial charge in [-0.1, -0.05) is 12.1 Å². The van der Waals surface area contributed by atoms with Crippen molar-refractivity contribution < 1.29 is 14.6 Å². The van der Waals surface area contributed by atoms with E-state index in [2.05, 4.69) is 9.97 Å². The van der Waals surface area contributed by atoms with Crippen molar-refractivity contribution in [3.63, 3.8) is 0 Å². The van der Waals surface area contributed by atoms with Crippen molar-refractivity contribution in [3.8, 4) is 17.1 Å². The fourth-order valence-corrected chi connectivity index (χ4v) is 1.63. The molecule has 0 aliphatic heterocycles. The molecule has 100 valence electrons. The zero-order valence-corrected chi connectivity index (χ0v) is 10.7. The molecule has 1 aromatic carbocycles. The Morgan fingerprint density at radius 1 is 1.16 bits per heavy atom. The minimum Gasteiger partial charge on any atom is -0.490 e. The van der Waals surface area contributed by atoms with Gasteiger partial charge in [-0.05, 0) is 18.2 Å². The second-order valence-electron chi connectivity index (χ2n) is 3.87. The topological polar surface area (TPSA) is 64.5 Å². The lowest BCUT2D eigenvalue weighted by molar-refractivity contribution is 0.146. The Kier molecular flexibility index (Phi) is 4.83. The van der Waals surface area contributed by atoms with Gasteiger partial charge in [0.15, 0.2) is 5.82 Å².